The molecule has 1 fully saturated rings. The number of allylic oxidation sites excluding steroid dienone is 5. The molecule has 6 N–H and O–H groups in total. The van der Waals surface area contributed by atoms with Crippen LogP contribution in [-0.2, 0) is 14.3 Å². The summed E-state index contributed by atoms with van der Waals surface area (Å²) in [4.78, 5) is 13.0. The molecule has 1 aliphatic heterocycles. The summed E-state index contributed by atoms with van der Waals surface area (Å²) < 4.78 is 11.3. The van der Waals surface area contributed by atoms with E-state index in [0.29, 0.717) is 6.42 Å². The Labute approximate surface area is 419 Å². The Morgan fingerprint density at radius 3 is 1.26 bits per heavy atom. The minimum Gasteiger partial charge on any atom is -0.394 e. The van der Waals surface area contributed by atoms with Crippen LogP contribution in [0.5, 0.6) is 0 Å². The van der Waals surface area contributed by atoms with E-state index in [1.807, 2.05) is 6.08 Å². The molecule has 1 saturated heterocycles. The van der Waals surface area contributed by atoms with Gasteiger partial charge in [0.1, 0.15) is 24.4 Å². The summed E-state index contributed by atoms with van der Waals surface area (Å²) in [5.41, 5.74) is 0. The highest BCUT2D eigenvalue weighted by atomic mass is 16.7. The molecule has 0 radical (unpaired) electrons. The fourth-order valence-corrected chi connectivity index (χ4v) is 9.31. The van der Waals surface area contributed by atoms with Gasteiger partial charge in [0.15, 0.2) is 6.29 Å². The molecule has 0 aliphatic carbocycles. The number of hydrogen-bond acceptors (Lipinski definition) is 8. The fourth-order valence-electron chi connectivity index (χ4n) is 9.31. The first-order chi connectivity index (χ1) is 33.3. The molecular formula is C59H111NO8. The van der Waals surface area contributed by atoms with Crippen LogP contribution in [0.25, 0.3) is 0 Å². The van der Waals surface area contributed by atoms with E-state index in [1.165, 1.54) is 212 Å². The van der Waals surface area contributed by atoms with Crippen LogP contribution in [0.1, 0.15) is 277 Å². The minimum atomic E-state index is -1.57. The number of rotatable bonds is 50. The number of carbonyl (C=O) groups is 1. The van der Waals surface area contributed by atoms with Crippen LogP contribution in [0.4, 0.5) is 0 Å². The van der Waals surface area contributed by atoms with Crippen molar-refractivity contribution in [3.05, 3.63) is 36.5 Å². The summed E-state index contributed by atoms with van der Waals surface area (Å²) in [5, 5.41) is 54.4. The Bertz CT molecular complexity index is 1160. The third-order valence-corrected chi connectivity index (χ3v) is 14.0. The quantitative estimate of drug-likeness (QED) is 0.0261. The second-order valence-electron chi connectivity index (χ2n) is 20.4. The van der Waals surface area contributed by atoms with Crippen molar-refractivity contribution in [2.24, 2.45) is 0 Å². The Hall–Kier alpha value is -1.59. The van der Waals surface area contributed by atoms with Crippen molar-refractivity contribution in [1.29, 1.82) is 0 Å². The van der Waals surface area contributed by atoms with Gasteiger partial charge in [0.2, 0.25) is 5.91 Å². The predicted octanol–water partition coefficient (Wildman–Crippen LogP) is 14.4. The van der Waals surface area contributed by atoms with Gasteiger partial charge in [0, 0.05) is 6.42 Å². The van der Waals surface area contributed by atoms with Gasteiger partial charge in [-0.1, -0.05) is 256 Å². The summed E-state index contributed by atoms with van der Waals surface area (Å²) in [6, 6.07) is -0.803. The van der Waals surface area contributed by atoms with Gasteiger partial charge in [-0.2, -0.15) is 0 Å². The molecule has 9 nitrogen and oxygen atoms in total. The zero-order valence-electron chi connectivity index (χ0n) is 44.4. The van der Waals surface area contributed by atoms with Crippen LogP contribution in [0.15, 0.2) is 36.5 Å². The number of hydrogen-bond donors (Lipinski definition) is 6. The maximum atomic E-state index is 13.0. The van der Waals surface area contributed by atoms with Gasteiger partial charge in [-0.05, 0) is 51.4 Å². The molecule has 400 valence electrons. The van der Waals surface area contributed by atoms with Crippen LogP contribution >= 0.6 is 0 Å². The SMILES string of the molecule is CCCCCCCCCCC/C=C\C/C=C\CCCCCCCCCCCCCCCCCC(=O)NC(COC1OC(CO)C(O)C(O)C1O)C(O)/C=C/CCCCCCCCCCCCCC. The van der Waals surface area contributed by atoms with E-state index in [2.05, 4.69) is 43.5 Å². The number of carbonyl (C=O) groups excluding carboxylic acids is 1. The van der Waals surface area contributed by atoms with E-state index in [4.69, 9.17) is 9.47 Å². The van der Waals surface area contributed by atoms with Crippen LogP contribution < -0.4 is 5.32 Å². The minimum absolute atomic E-state index is 0.175. The summed E-state index contributed by atoms with van der Waals surface area (Å²) in [7, 11) is 0. The standard InChI is InChI=1S/C59H111NO8/c1-3-5-7-9-11-13-15-17-19-20-21-22-23-24-25-26-27-28-29-30-31-32-33-34-35-37-39-41-43-45-47-49-55(63)60-52(51-67-59-58(66)57(65)56(64)54(50-61)68-59)53(62)48-46-44-42-40-38-36-18-16-14-12-10-8-6-4-2/h21-22,24-25,46,48,52-54,56-59,61-62,64-66H,3-20,23,26-45,47,49-51H2,1-2H3,(H,60,63)/b22-21-,25-24-,48-46+. The van der Waals surface area contributed by atoms with Crippen LogP contribution in [-0.4, -0.2) is 87.5 Å². The first kappa shape index (κ1) is 64.4. The molecule has 0 bridgehead atoms. The van der Waals surface area contributed by atoms with E-state index in [9.17, 15) is 30.3 Å². The first-order valence-corrected chi connectivity index (χ1v) is 29.2. The van der Waals surface area contributed by atoms with Gasteiger partial charge < -0.3 is 40.3 Å². The molecule has 1 amide bonds. The second kappa shape index (κ2) is 49.0. The molecule has 1 rings (SSSR count). The van der Waals surface area contributed by atoms with Crippen LogP contribution in [0, 0.1) is 0 Å². The number of nitrogens with one attached hydrogen (secondary N) is 1. The average Bonchev–Trinajstić information content (AvgIpc) is 3.34. The van der Waals surface area contributed by atoms with E-state index >= 15 is 0 Å². The van der Waals surface area contributed by atoms with Gasteiger partial charge in [-0.25, -0.2) is 0 Å². The van der Waals surface area contributed by atoms with Crippen LogP contribution in [0.3, 0.4) is 0 Å². The summed E-state index contributed by atoms with van der Waals surface area (Å²) >= 11 is 0. The molecule has 1 heterocycles. The molecule has 0 saturated carbocycles. The van der Waals surface area contributed by atoms with Crippen LogP contribution in [0.2, 0.25) is 0 Å². The van der Waals surface area contributed by atoms with Gasteiger partial charge in [0.05, 0.1) is 25.4 Å². The lowest BCUT2D eigenvalue weighted by Crippen LogP contribution is -2.60. The summed E-state index contributed by atoms with van der Waals surface area (Å²) in [6.07, 6.45) is 56.5. The Morgan fingerprint density at radius 2 is 0.868 bits per heavy atom. The largest absolute Gasteiger partial charge is 0.394 e. The molecule has 0 aromatic heterocycles. The van der Waals surface area contributed by atoms with Crippen molar-refractivity contribution in [3.63, 3.8) is 0 Å². The first-order valence-electron chi connectivity index (χ1n) is 29.2. The lowest BCUT2D eigenvalue weighted by Gasteiger charge is -2.40. The number of aliphatic hydroxyl groups is 5. The highest BCUT2D eigenvalue weighted by Crippen LogP contribution is 2.23. The van der Waals surface area contributed by atoms with Crippen molar-refractivity contribution >= 4 is 5.91 Å². The Morgan fingerprint density at radius 1 is 0.500 bits per heavy atom. The van der Waals surface area contributed by atoms with Crippen molar-refractivity contribution in [3.8, 4) is 0 Å². The highest BCUT2D eigenvalue weighted by Gasteiger charge is 2.44. The Kier molecular flexibility index (Phi) is 46.4. The zero-order chi connectivity index (χ0) is 49.4. The molecule has 7 unspecified atom stereocenters. The smallest absolute Gasteiger partial charge is 0.220 e. The van der Waals surface area contributed by atoms with E-state index in [1.54, 1.807) is 6.08 Å². The van der Waals surface area contributed by atoms with Crippen molar-refractivity contribution < 1.29 is 39.8 Å². The maximum absolute atomic E-state index is 13.0. The highest BCUT2D eigenvalue weighted by molar-refractivity contribution is 5.76. The fraction of sp³-hybridized carbons (Fsp3) is 0.881. The van der Waals surface area contributed by atoms with Gasteiger partial charge >= 0.3 is 0 Å². The molecule has 0 aromatic carbocycles. The molecule has 0 spiro atoms. The predicted molar refractivity (Wildman–Crippen MR) is 286 cm³/mol. The van der Waals surface area contributed by atoms with Gasteiger partial charge in [-0.3, -0.25) is 4.79 Å². The number of amides is 1. The summed E-state index contributed by atoms with van der Waals surface area (Å²) in [5.74, 6) is -0.175. The Balaban J connectivity index is 2.14. The number of aliphatic hydroxyl groups excluding tert-OH is 5. The van der Waals surface area contributed by atoms with Crippen molar-refractivity contribution in [2.75, 3.05) is 13.2 Å². The van der Waals surface area contributed by atoms with E-state index in [0.717, 1.165) is 44.9 Å². The van der Waals surface area contributed by atoms with Crippen molar-refractivity contribution in [2.45, 2.75) is 320 Å². The summed E-state index contributed by atoms with van der Waals surface area (Å²) in [6.45, 7) is 3.79. The lowest BCUT2D eigenvalue weighted by molar-refractivity contribution is -0.302. The normalized spacial score (nSPS) is 19.8. The third-order valence-electron chi connectivity index (χ3n) is 14.0. The lowest BCUT2D eigenvalue weighted by atomic mass is 9.99. The molecular weight excluding hydrogens is 851 g/mol. The molecule has 68 heavy (non-hydrogen) atoms. The van der Waals surface area contributed by atoms with Gasteiger partial charge in [0.25, 0.3) is 0 Å². The zero-order valence-corrected chi connectivity index (χ0v) is 44.4. The molecule has 0 aromatic rings. The monoisotopic (exact) mass is 962 g/mol. The third kappa shape index (κ3) is 38.1. The van der Waals surface area contributed by atoms with Gasteiger partial charge in [-0.15, -0.1) is 0 Å². The van der Waals surface area contributed by atoms with Crippen molar-refractivity contribution in [1.82, 2.24) is 5.32 Å². The molecule has 7 atom stereocenters. The second-order valence-corrected chi connectivity index (χ2v) is 20.4. The van der Waals surface area contributed by atoms with E-state index < -0.39 is 49.5 Å². The average molecular weight is 963 g/mol. The number of ether oxygens (including phenoxy) is 2. The molecule has 1 aliphatic rings. The topological polar surface area (TPSA) is 149 Å². The molecule has 9 heteroatoms. The van der Waals surface area contributed by atoms with E-state index in [-0.39, 0.29) is 12.5 Å². The number of unbranched alkanes of at least 4 members (excludes halogenated alkanes) is 36. The maximum Gasteiger partial charge on any atom is 0.220 e.